The summed E-state index contributed by atoms with van der Waals surface area (Å²) in [6, 6.07) is 19.6. The number of methoxy groups -OCH3 is 1. The van der Waals surface area contributed by atoms with Crippen LogP contribution in [0.1, 0.15) is 43.4 Å². The van der Waals surface area contributed by atoms with Crippen LogP contribution in [0, 0.1) is 5.92 Å². The first-order chi connectivity index (χ1) is 15.7. The molecule has 32 heavy (non-hydrogen) atoms. The van der Waals surface area contributed by atoms with Crippen molar-refractivity contribution in [2.75, 3.05) is 13.7 Å². The lowest BCUT2D eigenvalue weighted by molar-refractivity contribution is -0.141. The Balaban J connectivity index is 0.000000363. The van der Waals surface area contributed by atoms with Gasteiger partial charge in [0.15, 0.2) is 0 Å². The lowest BCUT2D eigenvalue weighted by Crippen LogP contribution is -2.18. The van der Waals surface area contributed by atoms with E-state index < -0.39 is 5.97 Å². The normalized spacial score (nSPS) is 15.3. The summed E-state index contributed by atoms with van der Waals surface area (Å²) in [5, 5.41) is 13.0. The molecule has 1 aromatic heterocycles. The van der Waals surface area contributed by atoms with Crippen molar-refractivity contribution in [3.05, 3.63) is 65.9 Å². The summed E-state index contributed by atoms with van der Waals surface area (Å²) < 4.78 is 6.57. The Kier molecular flexibility index (Phi) is 7.38. The standard InChI is InChI=1S/C24H26N2.C3H6O3/c1-3-9-18(10-4-1)17-26-22-16-15-19-11-7-8-14-21(19)23(22)24(25-26)20-12-5-2-6-13-20;1-6-2-3(4)5/h2,5-8,11-14,18H,1,3-4,9-10,15-17H2;2H2,1H3,(H,4,5). The van der Waals surface area contributed by atoms with Gasteiger partial charge in [-0.05, 0) is 42.7 Å². The van der Waals surface area contributed by atoms with Crippen molar-refractivity contribution in [1.29, 1.82) is 0 Å². The Labute approximate surface area is 190 Å². The number of ether oxygens (including phenoxy) is 1. The number of aromatic nitrogens is 2. The molecule has 2 aromatic carbocycles. The minimum atomic E-state index is -0.933. The molecule has 0 unspecified atom stereocenters. The highest BCUT2D eigenvalue weighted by molar-refractivity contribution is 5.85. The third kappa shape index (κ3) is 5.10. The van der Waals surface area contributed by atoms with E-state index in [2.05, 4.69) is 64.0 Å². The second-order valence-electron chi connectivity index (χ2n) is 8.71. The minimum Gasteiger partial charge on any atom is -0.480 e. The van der Waals surface area contributed by atoms with Crippen LogP contribution in [-0.2, 0) is 28.9 Å². The van der Waals surface area contributed by atoms with E-state index >= 15 is 0 Å². The zero-order valence-electron chi connectivity index (χ0n) is 18.8. The van der Waals surface area contributed by atoms with E-state index in [9.17, 15) is 4.79 Å². The van der Waals surface area contributed by atoms with Gasteiger partial charge >= 0.3 is 5.97 Å². The number of nitrogens with zero attached hydrogens (tertiary/aromatic N) is 2. The van der Waals surface area contributed by atoms with Crippen molar-refractivity contribution >= 4 is 5.97 Å². The minimum absolute atomic E-state index is 0.208. The Hall–Kier alpha value is -2.92. The number of hydrogen-bond donors (Lipinski definition) is 1. The molecule has 3 aromatic rings. The molecule has 1 saturated carbocycles. The summed E-state index contributed by atoms with van der Waals surface area (Å²) in [5.74, 6) is -0.133. The van der Waals surface area contributed by atoms with Crippen LogP contribution in [0.4, 0.5) is 0 Å². The molecule has 0 atom stereocenters. The van der Waals surface area contributed by atoms with Gasteiger partial charge in [0, 0.05) is 30.5 Å². The van der Waals surface area contributed by atoms with E-state index in [-0.39, 0.29) is 6.61 Å². The monoisotopic (exact) mass is 432 g/mol. The maximum Gasteiger partial charge on any atom is 0.329 e. The zero-order chi connectivity index (χ0) is 22.3. The van der Waals surface area contributed by atoms with Gasteiger partial charge in [-0.1, -0.05) is 73.9 Å². The summed E-state index contributed by atoms with van der Waals surface area (Å²) in [7, 11) is 1.34. The van der Waals surface area contributed by atoms with Crippen LogP contribution in [0.5, 0.6) is 0 Å². The van der Waals surface area contributed by atoms with Crippen LogP contribution in [0.25, 0.3) is 22.4 Å². The first kappa shape index (κ1) is 22.3. The highest BCUT2D eigenvalue weighted by Gasteiger charge is 2.27. The average molecular weight is 433 g/mol. The van der Waals surface area contributed by atoms with Gasteiger partial charge in [-0.25, -0.2) is 4.79 Å². The zero-order valence-corrected chi connectivity index (χ0v) is 18.8. The van der Waals surface area contributed by atoms with Gasteiger partial charge in [-0.3, -0.25) is 4.68 Å². The molecule has 0 saturated heterocycles. The van der Waals surface area contributed by atoms with Crippen LogP contribution in [0.2, 0.25) is 0 Å². The van der Waals surface area contributed by atoms with Gasteiger partial charge < -0.3 is 9.84 Å². The highest BCUT2D eigenvalue weighted by Crippen LogP contribution is 2.41. The van der Waals surface area contributed by atoms with Crippen molar-refractivity contribution in [1.82, 2.24) is 9.78 Å². The molecule has 0 bridgehead atoms. The molecular formula is C27H32N2O3. The van der Waals surface area contributed by atoms with Crippen LogP contribution < -0.4 is 0 Å². The van der Waals surface area contributed by atoms with E-state index in [0.717, 1.165) is 25.3 Å². The molecule has 5 nitrogen and oxygen atoms in total. The number of aliphatic carboxylic acids is 1. The fourth-order valence-electron chi connectivity index (χ4n) is 4.96. The molecule has 2 aliphatic rings. The lowest BCUT2D eigenvalue weighted by Gasteiger charge is -2.23. The molecule has 5 heteroatoms. The maximum absolute atomic E-state index is 9.47. The highest BCUT2D eigenvalue weighted by atomic mass is 16.5. The van der Waals surface area contributed by atoms with Crippen molar-refractivity contribution in [3.8, 4) is 22.4 Å². The topological polar surface area (TPSA) is 64.3 Å². The molecule has 168 valence electrons. The van der Waals surface area contributed by atoms with Crippen molar-refractivity contribution < 1.29 is 14.6 Å². The number of carbonyl (C=O) groups is 1. The van der Waals surface area contributed by atoms with Crippen molar-refractivity contribution in [2.45, 2.75) is 51.5 Å². The van der Waals surface area contributed by atoms with Gasteiger partial charge in [0.1, 0.15) is 12.3 Å². The number of carboxylic acids is 1. The quantitative estimate of drug-likeness (QED) is 0.569. The van der Waals surface area contributed by atoms with Crippen molar-refractivity contribution in [3.63, 3.8) is 0 Å². The molecule has 0 spiro atoms. The summed E-state index contributed by atoms with van der Waals surface area (Å²) >= 11 is 0. The average Bonchev–Trinajstić information content (AvgIpc) is 3.19. The van der Waals surface area contributed by atoms with Crippen LogP contribution in [-0.4, -0.2) is 34.6 Å². The Morgan fingerprint density at radius 3 is 2.44 bits per heavy atom. The van der Waals surface area contributed by atoms with E-state index in [1.165, 1.54) is 72.9 Å². The van der Waals surface area contributed by atoms with Gasteiger partial charge in [0.25, 0.3) is 0 Å². The Morgan fingerprint density at radius 2 is 1.75 bits per heavy atom. The second kappa shape index (κ2) is 10.6. The Bertz CT molecular complexity index is 1040. The van der Waals surface area contributed by atoms with E-state index in [1.54, 1.807) is 0 Å². The molecule has 2 aliphatic carbocycles. The SMILES string of the molecule is COCC(=O)O.c1ccc(-c2nn(CC3CCCCC3)c3c2-c2ccccc2CC3)cc1. The number of fused-ring (bicyclic) bond motifs is 3. The van der Waals surface area contributed by atoms with Gasteiger partial charge in [-0.15, -0.1) is 0 Å². The Morgan fingerprint density at radius 1 is 1.03 bits per heavy atom. The predicted molar refractivity (Wildman–Crippen MR) is 127 cm³/mol. The van der Waals surface area contributed by atoms with Crippen LogP contribution >= 0.6 is 0 Å². The summed E-state index contributed by atoms with van der Waals surface area (Å²) in [6.45, 7) is 0.886. The predicted octanol–water partition coefficient (Wildman–Crippen LogP) is 5.61. The molecule has 0 amide bonds. The smallest absolute Gasteiger partial charge is 0.329 e. The maximum atomic E-state index is 9.47. The van der Waals surface area contributed by atoms with E-state index in [0.29, 0.717) is 0 Å². The van der Waals surface area contributed by atoms with Crippen LogP contribution in [0.15, 0.2) is 54.6 Å². The third-order valence-corrected chi connectivity index (χ3v) is 6.45. The molecule has 1 N–H and O–H groups in total. The first-order valence-electron chi connectivity index (χ1n) is 11.6. The largest absolute Gasteiger partial charge is 0.480 e. The molecule has 5 rings (SSSR count). The fourth-order valence-corrected chi connectivity index (χ4v) is 4.96. The number of rotatable bonds is 5. The second-order valence-corrected chi connectivity index (χ2v) is 8.71. The van der Waals surface area contributed by atoms with Crippen molar-refractivity contribution in [2.24, 2.45) is 5.92 Å². The number of benzene rings is 2. The number of hydrogen-bond acceptors (Lipinski definition) is 3. The summed E-state index contributed by atoms with van der Waals surface area (Å²) in [4.78, 5) is 9.47. The molecule has 0 aliphatic heterocycles. The third-order valence-electron chi connectivity index (χ3n) is 6.45. The molecule has 0 radical (unpaired) electrons. The fraction of sp³-hybridized carbons (Fsp3) is 0.407. The number of carboxylic acid groups (broad SMARTS) is 1. The van der Waals surface area contributed by atoms with Crippen LogP contribution in [0.3, 0.4) is 0 Å². The van der Waals surface area contributed by atoms with E-state index in [4.69, 9.17) is 10.2 Å². The molecule has 1 heterocycles. The summed E-state index contributed by atoms with van der Waals surface area (Å²) in [6.07, 6.45) is 9.17. The first-order valence-corrected chi connectivity index (χ1v) is 11.6. The van der Waals surface area contributed by atoms with E-state index in [1.807, 2.05) is 0 Å². The van der Waals surface area contributed by atoms with Gasteiger partial charge in [-0.2, -0.15) is 5.10 Å². The number of aryl methyl sites for hydroxylation is 1. The lowest BCUT2D eigenvalue weighted by atomic mass is 9.86. The van der Waals surface area contributed by atoms with Gasteiger partial charge in [0.2, 0.25) is 0 Å². The summed E-state index contributed by atoms with van der Waals surface area (Å²) in [5.41, 5.74) is 8.10. The molecule has 1 fully saturated rings. The van der Waals surface area contributed by atoms with Gasteiger partial charge in [0.05, 0.1) is 0 Å². The molecular weight excluding hydrogens is 400 g/mol.